The summed E-state index contributed by atoms with van der Waals surface area (Å²) in [5.74, 6) is -0.0887. The second-order valence-corrected chi connectivity index (χ2v) is 7.40. The molecule has 4 rings (SSSR count). The molecule has 28 heavy (non-hydrogen) atoms. The third-order valence-electron chi connectivity index (χ3n) is 5.44. The first kappa shape index (κ1) is 18.3. The lowest BCUT2D eigenvalue weighted by Crippen LogP contribution is -2.45. The van der Waals surface area contributed by atoms with E-state index >= 15 is 0 Å². The maximum atomic E-state index is 12.9. The van der Waals surface area contributed by atoms with Gasteiger partial charge in [-0.3, -0.25) is 9.59 Å². The van der Waals surface area contributed by atoms with Gasteiger partial charge in [-0.05, 0) is 48.4 Å². The number of carbonyl (C=O) groups excluding carboxylic acids is 2. The third-order valence-corrected chi connectivity index (χ3v) is 5.44. The Labute approximate surface area is 164 Å². The second kappa shape index (κ2) is 8.30. The average Bonchev–Trinajstić information content (AvgIpc) is 3.22. The van der Waals surface area contributed by atoms with E-state index in [1.165, 1.54) is 5.56 Å². The van der Waals surface area contributed by atoms with Crippen LogP contribution in [0.25, 0.3) is 10.9 Å². The smallest absolute Gasteiger partial charge is 0.253 e. The fraction of sp³-hybridized carbons (Fsp3) is 0.304. The van der Waals surface area contributed by atoms with E-state index in [-0.39, 0.29) is 17.7 Å². The Morgan fingerprint density at radius 1 is 1.11 bits per heavy atom. The average molecular weight is 375 g/mol. The third kappa shape index (κ3) is 4.09. The van der Waals surface area contributed by atoms with Crippen LogP contribution in [0.3, 0.4) is 0 Å². The molecule has 1 fully saturated rings. The number of rotatable bonds is 5. The van der Waals surface area contributed by atoms with Crippen molar-refractivity contribution in [3.8, 4) is 0 Å². The van der Waals surface area contributed by atoms with Gasteiger partial charge >= 0.3 is 0 Å². The number of nitrogens with zero attached hydrogens (tertiary/aromatic N) is 1. The van der Waals surface area contributed by atoms with Gasteiger partial charge in [0.1, 0.15) is 0 Å². The van der Waals surface area contributed by atoms with Crippen molar-refractivity contribution in [1.82, 2.24) is 15.2 Å². The molecule has 1 aliphatic rings. The predicted molar refractivity (Wildman–Crippen MR) is 110 cm³/mol. The van der Waals surface area contributed by atoms with E-state index in [1.54, 1.807) is 0 Å². The van der Waals surface area contributed by atoms with Crippen molar-refractivity contribution >= 4 is 22.7 Å². The summed E-state index contributed by atoms with van der Waals surface area (Å²) in [6.45, 7) is 1.81. The standard InChI is InChI=1S/C23H25N3O2/c27-22(25-12-10-17-5-2-1-3-6-17)20-7-4-14-26(16-20)23(28)19-9-8-18-11-13-24-21(18)15-19/h1-3,5-6,8-9,11,13,15,20,24H,4,7,10,12,14,16H2,(H,25,27)/t20-/m1/s1. The van der Waals surface area contributed by atoms with Crippen LogP contribution >= 0.6 is 0 Å². The maximum absolute atomic E-state index is 12.9. The number of amides is 2. The molecule has 144 valence electrons. The molecule has 5 nitrogen and oxygen atoms in total. The van der Waals surface area contributed by atoms with E-state index in [0.29, 0.717) is 25.2 Å². The summed E-state index contributed by atoms with van der Waals surface area (Å²) in [7, 11) is 0. The minimum absolute atomic E-state index is 0.00159. The highest BCUT2D eigenvalue weighted by molar-refractivity contribution is 5.98. The van der Waals surface area contributed by atoms with Gasteiger partial charge in [-0.25, -0.2) is 0 Å². The lowest BCUT2D eigenvalue weighted by Gasteiger charge is -2.32. The zero-order valence-electron chi connectivity index (χ0n) is 15.9. The van der Waals surface area contributed by atoms with Crippen LogP contribution < -0.4 is 5.32 Å². The Morgan fingerprint density at radius 3 is 2.82 bits per heavy atom. The van der Waals surface area contributed by atoms with Gasteiger partial charge in [0.15, 0.2) is 0 Å². The van der Waals surface area contributed by atoms with Crippen LogP contribution in [-0.4, -0.2) is 41.3 Å². The summed E-state index contributed by atoms with van der Waals surface area (Å²) in [5.41, 5.74) is 2.83. The van der Waals surface area contributed by atoms with Crippen molar-refractivity contribution in [2.45, 2.75) is 19.3 Å². The number of aromatic amines is 1. The van der Waals surface area contributed by atoms with Crippen LogP contribution in [0.4, 0.5) is 0 Å². The zero-order chi connectivity index (χ0) is 19.3. The van der Waals surface area contributed by atoms with Crippen molar-refractivity contribution in [3.05, 3.63) is 71.9 Å². The molecule has 2 aromatic carbocycles. The van der Waals surface area contributed by atoms with Crippen LogP contribution in [0.15, 0.2) is 60.8 Å². The quantitative estimate of drug-likeness (QED) is 0.718. The number of likely N-dealkylation sites (tertiary alicyclic amines) is 1. The van der Waals surface area contributed by atoms with Crippen molar-refractivity contribution in [3.63, 3.8) is 0 Å². The molecule has 0 bridgehead atoms. The first-order valence-electron chi connectivity index (χ1n) is 9.89. The van der Waals surface area contributed by atoms with Crippen LogP contribution in [0, 0.1) is 5.92 Å². The number of hydrogen-bond donors (Lipinski definition) is 2. The molecule has 0 unspecified atom stereocenters. The summed E-state index contributed by atoms with van der Waals surface area (Å²) in [6, 6.07) is 17.8. The minimum atomic E-state index is -0.136. The summed E-state index contributed by atoms with van der Waals surface area (Å²) in [6.07, 6.45) is 4.37. The molecular formula is C23H25N3O2. The molecule has 1 atom stereocenters. The number of fused-ring (bicyclic) bond motifs is 1. The topological polar surface area (TPSA) is 65.2 Å². The highest BCUT2D eigenvalue weighted by atomic mass is 16.2. The van der Waals surface area contributed by atoms with Crippen LogP contribution in [0.5, 0.6) is 0 Å². The number of aromatic nitrogens is 1. The van der Waals surface area contributed by atoms with Gasteiger partial charge in [-0.1, -0.05) is 36.4 Å². The van der Waals surface area contributed by atoms with E-state index in [9.17, 15) is 9.59 Å². The molecule has 2 N–H and O–H groups in total. The summed E-state index contributed by atoms with van der Waals surface area (Å²) < 4.78 is 0. The number of piperidine rings is 1. The molecule has 0 spiro atoms. The summed E-state index contributed by atoms with van der Waals surface area (Å²) >= 11 is 0. The zero-order valence-corrected chi connectivity index (χ0v) is 15.9. The first-order chi connectivity index (χ1) is 13.7. The molecule has 0 aliphatic carbocycles. The number of hydrogen-bond acceptors (Lipinski definition) is 2. The van der Waals surface area contributed by atoms with Crippen molar-refractivity contribution in [1.29, 1.82) is 0 Å². The molecule has 2 heterocycles. The van der Waals surface area contributed by atoms with Gasteiger partial charge in [0, 0.05) is 36.9 Å². The Bertz CT molecular complexity index is 964. The van der Waals surface area contributed by atoms with Gasteiger partial charge in [0.25, 0.3) is 5.91 Å². The monoisotopic (exact) mass is 375 g/mol. The Morgan fingerprint density at radius 2 is 1.96 bits per heavy atom. The normalized spacial score (nSPS) is 16.9. The molecule has 2 amide bonds. The fourth-order valence-corrected chi connectivity index (χ4v) is 3.86. The predicted octanol–water partition coefficient (Wildman–Crippen LogP) is 3.38. The molecule has 0 radical (unpaired) electrons. The molecular weight excluding hydrogens is 350 g/mol. The van der Waals surface area contributed by atoms with Crippen LogP contribution in [-0.2, 0) is 11.2 Å². The highest BCUT2D eigenvalue weighted by Gasteiger charge is 2.28. The van der Waals surface area contributed by atoms with Crippen molar-refractivity contribution < 1.29 is 9.59 Å². The van der Waals surface area contributed by atoms with E-state index in [2.05, 4.69) is 22.4 Å². The minimum Gasteiger partial charge on any atom is -0.361 e. The summed E-state index contributed by atoms with van der Waals surface area (Å²) in [4.78, 5) is 30.5. The second-order valence-electron chi connectivity index (χ2n) is 7.40. The van der Waals surface area contributed by atoms with Gasteiger partial charge in [-0.15, -0.1) is 0 Å². The maximum Gasteiger partial charge on any atom is 0.253 e. The van der Waals surface area contributed by atoms with E-state index in [4.69, 9.17) is 0 Å². The number of benzene rings is 2. The van der Waals surface area contributed by atoms with Crippen LogP contribution in [0.2, 0.25) is 0 Å². The molecule has 0 saturated carbocycles. The number of nitrogens with one attached hydrogen (secondary N) is 2. The molecule has 5 heteroatoms. The molecule has 1 aromatic heterocycles. The molecule has 1 saturated heterocycles. The Hall–Kier alpha value is -3.08. The first-order valence-corrected chi connectivity index (χ1v) is 9.89. The SMILES string of the molecule is O=C(NCCc1ccccc1)[C@@H]1CCCN(C(=O)c2ccc3cc[nH]c3c2)C1. The lowest BCUT2D eigenvalue weighted by atomic mass is 9.96. The largest absolute Gasteiger partial charge is 0.361 e. The van der Waals surface area contributed by atoms with Gasteiger partial charge in [0.2, 0.25) is 5.91 Å². The van der Waals surface area contributed by atoms with Crippen LogP contribution in [0.1, 0.15) is 28.8 Å². The van der Waals surface area contributed by atoms with Gasteiger partial charge in [-0.2, -0.15) is 0 Å². The number of H-pyrrole nitrogens is 1. The van der Waals surface area contributed by atoms with Gasteiger partial charge < -0.3 is 15.2 Å². The number of carbonyl (C=O) groups is 2. The van der Waals surface area contributed by atoms with E-state index < -0.39 is 0 Å². The molecule has 1 aliphatic heterocycles. The Kier molecular flexibility index (Phi) is 5.42. The van der Waals surface area contributed by atoms with Crippen molar-refractivity contribution in [2.75, 3.05) is 19.6 Å². The lowest BCUT2D eigenvalue weighted by molar-refractivity contribution is -0.126. The van der Waals surface area contributed by atoms with Gasteiger partial charge in [0.05, 0.1) is 5.92 Å². The molecule has 3 aromatic rings. The van der Waals surface area contributed by atoms with E-state index in [0.717, 1.165) is 30.2 Å². The summed E-state index contributed by atoms with van der Waals surface area (Å²) in [5, 5.41) is 4.13. The highest BCUT2D eigenvalue weighted by Crippen LogP contribution is 2.21. The Balaban J connectivity index is 1.34. The fourth-order valence-electron chi connectivity index (χ4n) is 3.86. The van der Waals surface area contributed by atoms with Crippen molar-refractivity contribution in [2.24, 2.45) is 5.92 Å². The van der Waals surface area contributed by atoms with E-state index in [1.807, 2.05) is 53.6 Å².